The highest BCUT2D eigenvalue weighted by atomic mass is 16.5. The molecule has 0 radical (unpaired) electrons. The van der Waals surface area contributed by atoms with Crippen LogP contribution in [-0.2, 0) is 9.53 Å². The third kappa shape index (κ3) is 2.23. The number of aromatic nitrogens is 1. The third-order valence-electron chi connectivity index (χ3n) is 9.04. The van der Waals surface area contributed by atoms with Crippen LogP contribution in [0.1, 0.15) is 57.4 Å². The molecule has 7 rings (SSSR count). The Labute approximate surface area is 182 Å². The number of hydrogen-bond acceptors (Lipinski definition) is 3. The zero-order valence-electron chi connectivity index (χ0n) is 18.0. The van der Waals surface area contributed by atoms with E-state index in [4.69, 9.17) is 4.74 Å². The van der Waals surface area contributed by atoms with E-state index >= 15 is 0 Å². The van der Waals surface area contributed by atoms with Gasteiger partial charge < -0.3 is 4.74 Å². The molecule has 0 amide bonds. The number of ketones is 1. The van der Waals surface area contributed by atoms with Gasteiger partial charge in [-0.15, -0.1) is 0 Å². The van der Waals surface area contributed by atoms with E-state index in [9.17, 15) is 4.79 Å². The number of ether oxygens (including phenoxy) is 1. The monoisotopic (exact) mass is 409 g/mol. The minimum Gasteiger partial charge on any atom is -0.359 e. The number of allylic oxidation sites excluding steroid dienone is 3. The van der Waals surface area contributed by atoms with Crippen molar-refractivity contribution in [3.05, 3.63) is 71.6 Å². The fourth-order valence-electron chi connectivity index (χ4n) is 7.50. The molecule has 3 nitrogen and oxygen atoms in total. The number of Topliss-reactive ketones (excluding diaryl/α,β-unsaturated/α-hetero) is 1. The van der Waals surface area contributed by atoms with Crippen molar-refractivity contribution in [1.29, 1.82) is 0 Å². The van der Waals surface area contributed by atoms with Crippen molar-refractivity contribution in [2.24, 2.45) is 11.3 Å². The molecule has 0 N–H and O–H groups in total. The molecule has 2 fully saturated rings. The summed E-state index contributed by atoms with van der Waals surface area (Å²) in [6.45, 7) is 2.44. The normalized spacial score (nSPS) is 38.2. The summed E-state index contributed by atoms with van der Waals surface area (Å²) in [7, 11) is 0. The fourth-order valence-corrected chi connectivity index (χ4v) is 7.50. The highest BCUT2D eigenvalue weighted by Crippen LogP contribution is 2.67. The molecule has 3 heteroatoms. The first-order valence-electron chi connectivity index (χ1n) is 11.7. The first-order chi connectivity index (χ1) is 15.0. The summed E-state index contributed by atoms with van der Waals surface area (Å²) in [6.07, 6.45) is 17.4. The van der Waals surface area contributed by atoms with E-state index in [0.29, 0.717) is 24.5 Å². The Morgan fingerprint density at radius 3 is 2.97 bits per heavy atom. The van der Waals surface area contributed by atoms with Crippen LogP contribution in [0.3, 0.4) is 0 Å². The van der Waals surface area contributed by atoms with E-state index in [2.05, 4.69) is 54.4 Å². The average Bonchev–Trinajstić information content (AvgIpc) is 3.28. The molecule has 2 aromatic rings. The smallest absolute Gasteiger partial charge is 0.136 e. The van der Waals surface area contributed by atoms with Gasteiger partial charge >= 0.3 is 0 Å². The number of benzene rings is 1. The first-order valence-corrected chi connectivity index (χ1v) is 11.7. The number of hydrogen-bond donors (Lipinski definition) is 0. The molecule has 1 saturated heterocycles. The second kappa shape index (κ2) is 5.83. The lowest BCUT2D eigenvalue weighted by atomic mass is 9.58. The maximum absolute atomic E-state index is 12.4. The van der Waals surface area contributed by atoms with Crippen molar-refractivity contribution in [1.82, 2.24) is 4.98 Å². The Morgan fingerprint density at radius 2 is 2.03 bits per heavy atom. The van der Waals surface area contributed by atoms with Crippen molar-refractivity contribution in [2.45, 2.75) is 63.1 Å². The van der Waals surface area contributed by atoms with Crippen LogP contribution >= 0.6 is 0 Å². The summed E-state index contributed by atoms with van der Waals surface area (Å²) < 4.78 is 7.08. The second-order valence-corrected chi connectivity index (χ2v) is 10.5. The van der Waals surface area contributed by atoms with Gasteiger partial charge in [0.2, 0.25) is 0 Å². The predicted molar refractivity (Wildman–Crippen MR) is 121 cm³/mol. The van der Waals surface area contributed by atoms with Crippen molar-refractivity contribution in [3.63, 3.8) is 0 Å². The Kier molecular flexibility index (Phi) is 3.40. The summed E-state index contributed by atoms with van der Waals surface area (Å²) in [5, 5.41) is 2.43. The summed E-state index contributed by atoms with van der Waals surface area (Å²) in [5.41, 5.74) is 5.04. The minimum absolute atomic E-state index is 0.0505. The largest absolute Gasteiger partial charge is 0.359 e. The van der Waals surface area contributed by atoms with Crippen molar-refractivity contribution in [3.8, 4) is 0 Å². The van der Waals surface area contributed by atoms with Crippen LogP contribution in [0.25, 0.3) is 16.3 Å². The molecule has 1 aromatic heterocycles. The number of pyridine rings is 1. The first kappa shape index (κ1) is 18.1. The van der Waals surface area contributed by atoms with Gasteiger partial charge in [-0.05, 0) is 71.9 Å². The lowest BCUT2D eigenvalue weighted by Gasteiger charge is -2.53. The highest BCUT2D eigenvalue weighted by molar-refractivity contribution is 5.87. The van der Waals surface area contributed by atoms with Gasteiger partial charge in [0.25, 0.3) is 0 Å². The standard InChI is InChI=1S/C28H27NO2/c1-26-10-8-22-15-21-4-5-23(30)16-27(21)11-12-28(22,31-27)25(26)7-6-24(26)19-3-2-18-9-13-29-17-20(18)14-19/h2-3,6,8-9,13-15,17,25H,4-5,7,10-12,16H2,1H3. The van der Waals surface area contributed by atoms with Crippen LogP contribution < -0.4 is 0 Å². The summed E-state index contributed by atoms with van der Waals surface area (Å²) in [5.74, 6) is 0.795. The van der Waals surface area contributed by atoms with Gasteiger partial charge in [-0.25, -0.2) is 0 Å². The van der Waals surface area contributed by atoms with Gasteiger partial charge in [-0.3, -0.25) is 9.78 Å². The molecule has 2 spiro atoms. The lowest BCUT2D eigenvalue weighted by molar-refractivity contribution is -0.143. The molecular weight excluding hydrogens is 382 g/mol. The number of carbonyl (C=O) groups is 1. The van der Waals surface area contributed by atoms with E-state index in [1.54, 1.807) is 0 Å². The second-order valence-electron chi connectivity index (χ2n) is 10.5. The predicted octanol–water partition coefficient (Wildman–Crippen LogP) is 5.96. The average molecular weight is 410 g/mol. The van der Waals surface area contributed by atoms with E-state index in [1.807, 2.05) is 12.4 Å². The minimum atomic E-state index is -0.317. The van der Waals surface area contributed by atoms with Crippen molar-refractivity contribution in [2.75, 3.05) is 0 Å². The van der Waals surface area contributed by atoms with E-state index in [1.165, 1.54) is 33.1 Å². The van der Waals surface area contributed by atoms with Gasteiger partial charge in [0.05, 0.1) is 11.2 Å². The molecule has 2 aliphatic heterocycles. The van der Waals surface area contributed by atoms with Crippen LogP contribution in [0.4, 0.5) is 0 Å². The molecule has 1 saturated carbocycles. The Hall–Kier alpha value is -2.52. The third-order valence-corrected chi connectivity index (χ3v) is 9.04. The molecule has 3 aliphatic carbocycles. The van der Waals surface area contributed by atoms with Gasteiger partial charge in [0.1, 0.15) is 5.78 Å². The van der Waals surface area contributed by atoms with Crippen LogP contribution in [0.5, 0.6) is 0 Å². The number of nitrogens with zero attached hydrogens (tertiary/aromatic N) is 1. The summed E-state index contributed by atoms with van der Waals surface area (Å²) >= 11 is 0. The summed E-state index contributed by atoms with van der Waals surface area (Å²) in [4.78, 5) is 16.7. The molecule has 1 aromatic carbocycles. The van der Waals surface area contributed by atoms with Crippen molar-refractivity contribution < 1.29 is 9.53 Å². The number of carbonyl (C=O) groups excluding carboxylic acids is 1. The Balaban J connectivity index is 1.32. The van der Waals surface area contributed by atoms with Crippen LogP contribution in [0.2, 0.25) is 0 Å². The molecule has 156 valence electrons. The molecule has 31 heavy (non-hydrogen) atoms. The highest BCUT2D eigenvalue weighted by Gasteiger charge is 2.65. The lowest BCUT2D eigenvalue weighted by Crippen LogP contribution is -2.53. The van der Waals surface area contributed by atoms with E-state index in [0.717, 1.165) is 32.1 Å². The van der Waals surface area contributed by atoms with E-state index < -0.39 is 0 Å². The molecular formula is C28H27NO2. The van der Waals surface area contributed by atoms with Crippen LogP contribution in [0, 0.1) is 11.3 Å². The van der Waals surface area contributed by atoms with Gasteiger partial charge in [-0.2, -0.15) is 0 Å². The quantitative estimate of drug-likeness (QED) is 0.584. The number of fused-ring (bicyclic) bond motifs is 2. The molecule has 4 unspecified atom stereocenters. The van der Waals surface area contributed by atoms with Gasteiger partial charge in [-0.1, -0.05) is 37.3 Å². The maximum atomic E-state index is 12.4. The fraction of sp³-hybridized carbons (Fsp3) is 0.429. The zero-order chi connectivity index (χ0) is 20.8. The molecule has 2 bridgehead atoms. The van der Waals surface area contributed by atoms with Crippen molar-refractivity contribution >= 4 is 22.1 Å². The topological polar surface area (TPSA) is 39.2 Å². The van der Waals surface area contributed by atoms with Crippen LogP contribution in [-0.4, -0.2) is 22.0 Å². The Bertz CT molecular complexity index is 1250. The molecule has 4 atom stereocenters. The van der Waals surface area contributed by atoms with E-state index in [-0.39, 0.29) is 16.6 Å². The van der Waals surface area contributed by atoms with Crippen LogP contribution in [0.15, 0.2) is 66.0 Å². The zero-order valence-corrected chi connectivity index (χ0v) is 18.0. The molecule has 3 heterocycles. The van der Waals surface area contributed by atoms with Gasteiger partial charge in [0, 0.05) is 42.0 Å². The number of rotatable bonds is 1. The Morgan fingerprint density at radius 1 is 1.10 bits per heavy atom. The van der Waals surface area contributed by atoms with Gasteiger partial charge in [0.15, 0.2) is 0 Å². The summed E-state index contributed by atoms with van der Waals surface area (Å²) in [6, 6.07) is 8.86. The molecule has 5 aliphatic rings. The maximum Gasteiger partial charge on any atom is 0.136 e. The SMILES string of the molecule is CC12CC=C3C=C4CCC(=O)CC45CCC3(O5)C1CC=C2c1ccc2ccncc2c1.